The summed E-state index contributed by atoms with van der Waals surface area (Å²) in [6, 6.07) is 10.0. The first-order valence-electron chi connectivity index (χ1n) is 5.71. The van der Waals surface area contributed by atoms with Gasteiger partial charge in [0.05, 0.1) is 5.69 Å². The molecule has 0 radical (unpaired) electrons. The molecule has 2 aromatic rings. The van der Waals surface area contributed by atoms with E-state index >= 15 is 0 Å². The number of hydrogen-bond donors (Lipinski definition) is 3. The van der Waals surface area contributed by atoms with Crippen LogP contribution in [0.4, 0.5) is 5.13 Å². The molecule has 0 amide bonds. The molecule has 0 aliphatic heterocycles. The van der Waals surface area contributed by atoms with Gasteiger partial charge in [0.25, 0.3) is 0 Å². The molecule has 0 bridgehead atoms. The Morgan fingerprint density at radius 1 is 1.37 bits per heavy atom. The Kier molecular flexibility index (Phi) is 4.88. The molecule has 2 rings (SSSR count). The van der Waals surface area contributed by atoms with Crippen molar-refractivity contribution in [2.75, 3.05) is 12.0 Å². The van der Waals surface area contributed by atoms with Gasteiger partial charge in [0.1, 0.15) is 0 Å². The second-order valence-corrected chi connectivity index (χ2v) is 4.92. The minimum Gasteiger partial charge on any atom is -0.358 e. The smallest absolute Gasteiger partial charge is 0.202 e. The van der Waals surface area contributed by atoms with Crippen LogP contribution in [0, 0.1) is 0 Å². The van der Waals surface area contributed by atoms with Crippen LogP contribution in [-0.4, -0.2) is 16.6 Å². The highest BCUT2D eigenvalue weighted by Gasteiger charge is 2.03. The Balaban J connectivity index is 1.91. The highest BCUT2D eigenvalue weighted by Crippen LogP contribution is 2.23. The molecule has 0 saturated carbocycles. The number of thiocarbonyl (C=S) groups is 1. The topological polar surface area (TPSA) is 49.0 Å². The van der Waals surface area contributed by atoms with Crippen LogP contribution in [0.3, 0.4) is 0 Å². The van der Waals surface area contributed by atoms with Crippen LogP contribution in [0.2, 0.25) is 0 Å². The number of thiazole rings is 1. The molecular formula is C13H14N4S2. The number of hydrogen-bond acceptors (Lipinski definition) is 4. The summed E-state index contributed by atoms with van der Waals surface area (Å²) in [7, 11) is 0. The van der Waals surface area contributed by atoms with E-state index in [0.29, 0.717) is 11.7 Å². The van der Waals surface area contributed by atoms with E-state index in [4.69, 9.17) is 12.2 Å². The van der Waals surface area contributed by atoms with Gasteiger partial charge < -0.3 is 5.32 Å². The van der Waals surface area contributed by atoms with Gasteiger partial charge in [0.2, 0.25) is 5.13 Å². The summed E-state index contributed by atoms with van der Waals surface area (Å²) in [6.07, 6.45) is 1.74. The van der Waals surface area contributed by atoms with Crippen LogP contribution < -0.4 is 16.2 Å². The molecule has 1 heterocycles. The minimum absolute atomic E-state index is 0.511. The van der Waals surface area contributed by atoms with Gasteiger partial charge >= 0.3 is 0 Å². The number of benzene rings is 1. The summed E-state index contributed by atoms with van der Waals surface area (Å²) in [4.78, 5) is 4.47. The van der Waals surface area contributed by atoms with Gasteiger partial charge in [0, 0.05) is 17.5 Å². The Bertz CT molecular complexity index is 551. The lowest BCUT2D eigenvalue weighted by atomic mass is 10.2. The normalized spacial score (nSPS) is 9.68. The molecule has 0 aliphatic carbocycles. The first kappa shape index (κ1) is 13.5. The number of hydrazine groups is 1. The van der Waals surface area contributed by atoms with Crippen LogP contribution in [0.5, 0.6) is 0 Å². The molecule has 0 fully saturated rings. The van der Waals surface area contributed by atoms with Gasteiger partial charge in [-0.25, -0.2) is 4.98 Å². The lowest BCUT2D eigenvalue weighted by Crippen LogP contribution is -2.38. The zero-order chi connectivity index (χ0) is 13.5. The molecule has 0 aliphatic rings. The van der Waals surface area contributed by atoms with Crippen LogP contribution in [0.15, 0.2) is 48.4 Å². The van der Waals surface area contributed by atoms with Gasteiger partial charge in [-0.2, -0.15) is 0 Å². The van der Waals surface area contributed by atoms with Crippen molar-refractivity contribution < 1.29 is 0 Å². The summed E-state index contributed by atoms with van der Waals surface area (Å²) in [6.45, 7) is 4.23. The van der Waals surface area contributed by atoms with Gasteiger partial charge in [-0.15, -0.1) is 17.9 Å². The Labute approximate surface area is 121 Å². The van der Waals surface area contributed by atoms with Crippen LogP contribution in [0.25, 0.3) is 11.3 Å². The summed E-state index contributed by atoms with van der Waals surface area (Å²) in [5.74, 6) is 0. The fourth-order valence-electron chi connectivity index (χ4n) is 1.39. The van der Waals surface area contributed by atoms with E-state index in [9.17, 15) is 0 Å². The number of nitrogens with zero attached hydrogens (tertiary/aromatic N) is 1. The molecule has 4 nitrogen and oxygen atoms in total. The molecule has 0 atom stereocenters. The van der Waals surface area contributed by atoms with Crippen LogP contribution >= 0.6 is 23.6 Å². The third-order valence-corrected chi connectivity index (χ3v) is 3.27. The lowest BCUT2D eigenvalue weighted by Gasteiger charge is -2.08. The number of aromatic nitrogens is 1. The molecule has 0 unspecified atom stereocenters. The fraction of sp³-hybridized carbons (Fsp3) is 0.0769. The highest BCUT2D eigenvalue weighted by atomic mass is 32.1. The molecule has 3 N–H and O–H groups in total. The monoisotopic (exact) mass is 290 g/mol. The Hall–Kier alpha value is -1.92. The van der Waals surface area contributed by atoms with Crippen molar-refractivity contribution in [1.29, 1.82) is 0 Å². The largest absolute Gasteiger partial charge is 0.358 e. The second kappa shape index (κ2) is 6.86. The van der Waals surface area contributed by atoms with E-state index in [1.54, 1.807) is 6.08 Å². The van der Waals surface area contributed by atoms with E-state index in [-0.39, 0.29) is 0 Å². The quantitative estimate of drug-likeness (QED) is 0.449. The molecule has 98 valence electrons. The van der Waals surface area contributed by atoms with Crippen molar-refractivity contribution in [3.05, 3.63) is 48.4 Å². The van der Waals surface area contributed by atoms with Gasteiger partial charge in [-0.05, 0) is 12.2 Å². The predicted molar refractivity (Wildman–Crippen MR) is 85.1 cm³/mol. The molecule has 1 aromatic heterocycles. The third kappa shape index (κ3) is 4.04. The summed E-state index contributed by atoms with van der Waals surface area (Å²) < 4.78 is 0. The first-order valence-corrected chi connectivity index (χ1v) is 7.00. The van der Waals surface area contributed by atoms with E-state index in [2.05, 4.69) is 27.7 Å². The van der Waals surface area contributed by atoms with Crippen molar-refractivity contribution >= 4 is 33.8 Å². The van der Waals surface area contributed by atoms with E-state index < -0.39 is 0 Å². The molecule has 6 heteroatoms. The molecular weight excluding hydrogens is 276 g/mol. The molecule has 0 spiro atoms. The van der Waals surface area contributed by atoms with Gasteiger partial charge in [-0.3, -0.25) is 10.9 Å². The van der Waals surface area contributed by atoms with Crippen molar-refractivity contribution in [3.8, 4) is 11.3 Å². The molecule has 0 saturated heterocycles. The summed E-state index contributed by atoms with van der Waals surface area (Å²) in [5.41, 5.74) is 7.87. The Morgan fingerprint density at radius 2 is 2.16 bits per heavy atom. The minimum atomic E-state index is 0.511. The lowest BCUT2D eigenvalue weighted by molar-refractivity contribution is 0.976. The van der Waals surface area contributed by atoms with Crippen molar-refractivity contribution in [1.82, 2.24) is 15.7 Å². The maximum atomic E-state index is 5.06. The SMILES string of the molecule is C=CCNC(=S)NNc1nc(-c2ccccc2)cs1. The maximum Gasteiger partial charge on any atom is 0.202 e. The average Bonchev–Trinajstić information content (AvgIpc) is 2.93. The van der Waals surface area contributed by atoms with Crippen molar-refractivity contribution in [2.24, 2.45) is 0 Å². The Morgan fingerprint density at radius 3 is 2.89 bits per heavy atom. The molecule has 1 aromatic carbocycles. The zero-order valence-electron chi connectivity index (χ0n) is 10.2. The van der Waals surface area contributed by atoms with E-state index in [1.165, 1.54) is 11.3 Å². The van der Waals surface area contributed by atoms with Crippen LogP contribution in [0.1, 0.15) is 0 Å². The summed E-state index contributed by atoms with van der Waals surface area (Å²) in [5, 5.41) is 6.23. The zero-order valence-corrected chi connectivity index (χ0v) is 11.9. The second-order valence-electron chi connectivity index (χ2n) is 3.65. The number of nitrogens with one attached hydrogen (secondary N) is 3. The maximum absolute atomic E-state index is 5.06. The van der Waals surface area contributed by atoms with Gasteiger partial charge in [-0.1, -0.05) is 36.4 Å². The van der Waals surface area contributed by atoms with Gasteiger partial charge in [0.15, 0.2) is 5.11 Å². The number of anilines is 1. The summed E-state index contributed by atoms with van der Waals surface area (Å²) >= 11 is 6.58. The molecule has 19 heavy (non-hydrogen) atoms. The predicted octanol–water partition coefficient (Wildman–Crippen LogP) is 2.79. The van der Waals surface area contributed by atoms with Crippen molar-refractivity contribution in [3.63, 3.8) is 0 Å². The number of rotatable bonds is 5. The van der Waals surface area contributed by atoms with E-state index in [0.717, 1.165) is 16.4 Å². The average molecular weight is 290 g/mol. The first-order chi connectivity index (χ1) is 9.29. The van der Waals surface area contributed by atoms with E-state index in [1.807, 2.05) is 35.7 Å². The standard InChI is InChI=1S/C13H14N4S2/c1-2-8-14-12(18)16-17-13-15-11(9-19-13)10-6-4-3-5-7-10/h2-7,9H,1,8H2,(H,15,17)(H2,14,16,18). The highest BCUT2D eigenvalue weighted by molar-refractivity contribution is 7.80. The third-order valence-electron chi connectivity index (χ3n) is 2.26. The fourth-order valence-corrected chi connectivity index (χ4v) is 2.20. The van der Waals surface area contributed by atoms with Crippen molar-refractivity contribution in [2.45, 2.75) is 0 Å². The van der Waals surface area contributed by atoms with Crippen LogP contribution in [-0.2, 0) is 0 Å².